The third kappa shape index (κ3) is 3.11. The highest BCUT2D eigenvalue weighted by molar-refractivity contribution is 7.91. The van der Waals surface area contributed by atoms with Gasteiger partial charge in [0.05, 0.1) is 11.4 Å². The van der Waals surface area contributed by atoms with Crippen molar-refractivity contribution in [3.05, 3.63) is 0 Å². The molecule has 0 saturated carbocycles. The molecule has 0 radical (unpaired) electrons. The van der Waals surface area contributed by atoms with Gasteiger partial charge in [0.25, 0.3) is 0 Å². The zero-order chi connectivity index (χ0) is 10.2. The Balaban J connectivity index is 4.64. The van der Waals surface area contributed by atoms with E-state index in [0.717, 1.165) is 6.26 Å². The van der Waals surface area contributed by atoms with Crippen LogP contribution in [0.4, 0.5) is 0 Å². The van der Waals surface area contributed by atoms with Gasteiger partial charge in [-0.1, -0.05) is 20.8 Å². The fraction of sp³-hybridized carbons (Fsp3) is 1.00. The van der Waals surface area contributed by atoms with E-state index in [1.807, 2.05) is 20.8 Å². The second-order valence-electron chi connectivity index (χ2n) is 4.35. The maximum atomic E-state index is 11.1. The van der Waals surface area contributed by atoms with Gasteiger partial charge < -0.3 is 5.11 Å². The van der Waals surface area contributed by atoms with Gasteiger partial charge in [-0.25, -0.2) is 8.42 Å². The summed E-state index contributed by atoms with van der Waals surface area (Å²) >= 11 is 0. The minimum Gasteiger partial charge on any atom is -0.391 e. The van der Waals surface area contributed by atoms with E-state index < -0.39 is 21.2 Å². The van der Waals surface area contributed by atoms with Crippen LogP contribution in [0.1, 0.15) is 27.7 Å². The van der Waals surface area contributed by atoms with Crippen LogP contribution >= 0.6 is 0 Å². The molecule has 0 aliphatic carbocycles. The molecule has 0 spiro atoms. The van der Waals surface area contributed by atoms with Crippen LogP contribution in [-0.2, 0) is 9.84 Å². The molecule has 12 heavy (non-hydrogen) atoms. The van der Waals surface area contributed by atoms with Crippen molar-refractivity contribution in [2.45, 2.75) is 39.0 Å². The molecule has 74 valence electrons. The van der Waals surface area contributed by atoms with E-state index in [-0.39, 0.29) is 5.41 Å². The molecule has 0 amide bonds. The van der Waals surface area contributed by atoms with Gasteiger partial charge in [0, 0.05) is 6.26 Å². The summed E-state index contributed by atoms with van der Waals surface area (Å²) in [7, 11) is -3.14. The van der Waals surface area contributed by atoms with Crippen molar-refractivity contribution in [1.82, 2.24) is 0 Å². The first kappa shape index (κ1) is 11.9. The van der Waals surface area contributed by atoms with Gasteiger partial charge in [-0.2, -0.15) is 0 Å². The summed E-state index contributed by atoms with van der Waals surface area (Å²) in [5.74, 6) is 0. The third-order valence-electron chi connectivity index (χ3n) is 2.01. The fourth-order valence-electron chi connectivity index (χ4n) is 0.938. The van der Waals surface area contributed by atoms with Crippen molar-refractivity contribution in [3.8, 4) is 0 Å². The topological polar surface area (TPSA) is 54.4 Å². The molecule has 0 bridgehead atoms. The Hall–Kier alpha value is -0.0900. The Morgan fingerprint density at radius 3 is 1.67 bits per heavy atom. The molecule has 0 saturated heterocycles. The predicted octanol–water partition coefficient (Wildman–Crippen LogP) is 0.827. The lowest BCUT2D eigenvalue weighted by atomic mass is 9.87. The SMILES string of the molecule is C[C@@H]([C@@H](O)C(C)(C)C)S(C)(=O)=O. The van der Waals surface area contributed by atoms with Crippen molar-refractivity contribution >= 4 is 9.84 Å². The van der Waals surface area contributed by atoms with Gasteiger partial charge in [-0.15, -0.1) is 0 Å². The zero-order valence-corrected chi connectivity index (χ0v) is 9.14. The van der Waals surface area contributed by atoms with Crippen LogP contribution in [0.2, 0.25) is 0 Å². The average Bonchev–Trinajstić information content (AvgIpc) is 1.80. The van der Waals surface area contributed by atoms with Gasteiger partial charge in [-0.3, -0.25) is 0 Å². The van der Waals surface area contributed by atoms with Crippen LogP contribution < -0.4 is 0 Å². The van der Waals surface area contributed by atoms with Crippen molar-refractivity contribution in [3.63, 3.8) is 0 Å². The molecule has 4 heteroatoms. The van der Waals surface area contributed by atoms with E-state index in [1.165, 1.54) is 6.92 Å². The highest BCUT2D eigenvalue weighted by Crippen LogP contribution is 2.24. The van der Waals surface area contributed by atoms with E-state index in [1.54, 1.807) is 0 Å². The Morgan fingerprint density at radius 2 is 1.58 bits per heavy atom. The van der Waals surface area contributed by atoms with Crippen molar-refractivity contribution < 1.29 is 13.5 Å². The van der Waals surface area contributed by atoms with Gasteiger partial charge in [0.15, 0.2) is 9.84 Å². The molecule has 0 unspecified atom stereocenters. The minimum atomic E-state index is -3.14. The summed E-state index contributed by atoms with van der Waals surface area (Å²) in [5, 5.41) is 8.91. The first-order valence-corrected chi connectivity index (χ1v) is 5.89. The summed E-state index contributed by atoms with van der Waals surface area (Å²) in [6.07, 6.45) is 0.333. The Kier molecular flexibility index (Phi) is 3.32. The lowest BCUT2D eigenvalue weighted by Gasteiger charge is -2.29. The minimum absolute atomic E-state index is 0.386. The van der Waals surface area contributed by atoms with Crippen molar-refractivity contribution in [2.24, 2.45) is 5.41 Å². The predicted molar refractivity (Wildman–Crippen MR) is 49.8 cm³/mol. The summed E-state index contributed by atoms with van der Waals surface area (Å²) in [5.41, 5.74) is -0.386. The molecule has 3 nitrogen and oxygen atoms in total. The maximum Gasteiger partial charge on any atom is 0.152 e. The monoisotopic (exact) mass is 194 g/mol. The summed E-state index contributed by atoms with van der Waals surface area (Å²) in [6.45, 7) is 6.99. The Bertz CT molecular complexity index is 236. The van der Waals surface area contributed by atoms with E-state index >= 15 is 0 Å². The standard InChI is InChI=1S/C8H18O3S/c1-6(12(5,10)11)7(9)8(2,3)4/h6-7,9H,1-5H3/t6-,7+/m0/s1. The van der Waals surface area contributed by atoms with Crippen molar-refractivity contribution in [1.29, 1.82) is 0 Å². The van der Waals surface area contributed by atoms with Crippen LogP contribution in [0.15, 0.2) is 0 Å². The third-order valence-corrected chi connectivity index (χ3v) is 3.62. The molecule has 0 aromatic rings. The molecular formula is C8H18O3S. The number of aliphatic hydroxyl groups excluding tert-OH is 1. The van der Waals surface area contributed by atoms with Crippen LogP contribution in [0, 0.1) is 5.41 Å². The molecular weight excluding hydrogens is 176 g/mol. The number of rotatable bonds is 2. The molecule has 0 fully saturated rings. The van der Waals surface area contributed by atoms with E-state index in [2.05, 4.69) is 0 Å². The zero-order valence-electron chi connectivity index (χ0n) is 8.33. The largest absolute Gasteiger partial charge is 0.391 e. The van der Waals surface area contributed by atoms with Crippen molar-refractivity contribution in [2.75, 3.05) is 6.26 Å². The average molecular weight is 194 g/mol. The first-order chi connectivity index (χ1) is 5.07. The van der Waals surface area contributed by atoms with Gasteiger partial charge >= 0.3 is 0 Å². The van der Waals surface area contributed by atoms with E-state index in [0.29, 0.717) is 0 Å². The molecule has 0 heterocycles. The molecule has 0 aromatic heterocycles. The number of sulfone groups is 1. The van der Waals surface area contributed by atoms with Gasteiger partial charge in [0.1, 0.15) is 0 Å². The molecule has 1 N–H and O–H groups in total. The highest BCUT2D eigenvalue weighted by Gasteiger charge is 2.33. The quantitative estimate of drug-likeness (QED) is 0.708. The molecule has 0 rings (SSSR count). The number of hydrogen-bond donors (Lipinski definition) is 1. The van der Waals surface area contributed by atoms with Crippen LogP contribution in [-0.4, -0.2) is 31.1 Å². The smallest absolute Gasteiger partial charge is 0.152 e. The van der Waals surface area contributed by atoms with Crippen LogP contribution in [0.25, 0.3) is 0 Å². The Morgan fingerprint density at radius 1 is 1.25 bits per heavy atom. The van der Waals surface area contributed by atoms with Gasteiger partial charge in [-0.05, 0) is 12.3 Å². The summed E-state index contributed by atoms with van der Waals surface area (Å²) < 4.78 is 22.1. The van der Waals surface area contributed by atoms with E-state index in [4.69, 9.17) is 0 Å². The Labute approximate surface area is 74.7 Å². The fourth-order valence-corrected chi connectivity index (χ4v) is 1.81. The molecule has 2 atom stereocenters. The molecule has 0 aliphatic rings. The lowest BCUT2D eigenvalue weighted by molar-refractivity contribution is 0.0628. The second-order valence-corrected chi connectivity index (χ2v) is 6.75. The summed E-state index contributed by atoms with van der Waals surface area (Å²) in [6, 6.07) is 0. The van der Waals surface area contributed by atoms with Crippen LogP contribution in [0.3, 0.4) is 0 Å². The normalized spacial score (nSPS) is 18.8. The van der Waals surface area contributed by atoms with Crippen LogP contribution in [0.5, 0.6) is 0 Å². The highest BCUT2D eigenvalue weighted by atomic mass is 32.2. The number of aliphatic hydroxyl groups is 1. The van der Waals surface area contributed by atoms with Gasteiger partial charge in [0.2, 0.25) is 0 Å². The number of hydrogen-bond acceptors (Lipinski definition) is 3. The second kappa shape index (κ2) is 3.34. The maximum absolute atomic E-state index is 11.1. The first-order valence-electron chi connectivity index (χ1n) is 3.93. The van der Waals surface area contributed by atoms with E-state index in [9.17, 15) is 13.5 Å². The molecule has 0 aliphatic heterocycles. The molecule has 0 aromatic carbocycles. The summed E-state index contributed by atoms with van der Waals surface area (Å²) in [4.78, 5) is 0. The lowest BCUT2D eigenvalue weighted by Crippen LogP contribution is -2.40.